The number of rotatable bonds is 5. The van der Waals surface area contributed by atoms with Crippen molar-refractivity contribution in [1.82, 2.24) is 25.0 Å². The summed E-state index contributed by atoms with van der Waals surface area (Å²) in [7, 11) is 0. The fraction of sp³-hybridized carbons (Fsp3) is 0.571. The highest BCUT2D eigenvalue weighted by molar-refractivity contribution is 5.89. The topological polar surface area (TPSA) is 108 Å². The lowest BCUT2D eigenvalue weighted by molar-refractivity contribution is -0.116. The number of hydrogen-bond donors (Lipinski definition) is 3. The summed E-state index contributed by atoms with van der Waals surface area (Å²) in [6, 6.07) is 1.82. The summed E-state index contributed by atoms with van der Waals surface area (Å²) in [6.07, 6.45) is 2.14. The van der Waals surface area contributed by atoms with Crippen molar-refractivity contribution in [3.63, 3.8) is 0 Å². The van der Waals surface area contributed by atoms with Crippen LogP contribution in [0, 0.1) is 11.3 Å². The minimum absolute atomic E-state index is 0.101. The number of carbonyl (C=O) groups excluding carboxylic acids is 1. The summed E-state index contributed by atoms with van der Waals surface area (Å²) in [6.45, 7) is 8.67. The monoisotopic (exact) mass is 306 g/mol. The van der Waals surface area contributed by atoms with Gasteiger partial charge in [0.25, 0.3) is 0 Å². The molecule has 1 atom stereocenters. The molecule has 8 heteroatoms. The molecule has 8 nitrogen and oxygen atoms in total. The van der Waals surface area contributed by atoms with Gasteiger partial charge in [-0.05, 0) is 17.8 Å². The second-order valence-electron chi connectivity index (χ2n) is 6.59. The average molecular weight is 306 g/mol. The molecule has 0 radical (unpaired) electrons. The van der Waals surface area contributed by atoms with Crippen molar-refractivity contribution >= 4 is 11.7 Å². The molecule has 0 fully saturated rings. The van der Waals surface area contributed by atoms with Crippen LogP contribution < -0.4 is 11.0 Å². The third kappa shape index (κ3) is 4.06. The highest BCUT2D eigenvalue weighted by atomic mass is 16.2. The maximum absolute atomic E-state index is 11.9. The lowest BCUT2D eigenvalue weighted by atomic mass is 9.79. The van der Waals surface area contributed by atoms with Gasteiger partial charge >= 0.3 is 5.69 Å². The predicted molar refractivity (Wildman–Crippen MR) is 82.4 cm³/mol. The van der Waals surface area contributed by atoms with Gasteiger partial charge in [0.2, 0.25) is 5.91 Å². The Hall–Kier alpha value is -2.38. The third-order valence-corrected chi connectivity index (χ3v) is 3.84. The fourth-order valence-electron chi connectivity index (χ4n) is 1.89. The number of anilines is 1. The van der Waals surface area contributed by atoms with E-state index in [4.69, 9.17) is 0 Å². The Balaban J connectivity index is 1.93. The molecular formula is C14H22N6O2. The number of aromatic amines is 2. The summed E-state index contributed by atoms with van der Waals surface area (Å²) in [5.41, 5.74) is 0.756. The normalized spacial score (nSPS) is 13.1. The van der Waals surface area contributed by atoms with Gasteiger partial charge in [-0.1, -0.05) is 27.7 Å². The highest BCUT2D eigenvalue weighted by Gasteiger charge is 2.21. The van der Waals surface area contributed by atoms with Gasteiger partial charge < -0.3 is 5.32 Å². The van der Waals surface area contributed by atoms with E-state index in [-0.39, 0.29) is 17.9 Å². The molecule has 3 N–H and O–H groups in total. The number of H-pyrrole nitrogens is 2. The quantitative estimate of drug-likeness (QED) is 0.770. The Morgan fingerprint density at radius 2 is 2.14 bits per heavy atom. The third-order valence-electron chi connectivity index (χ3n) is 3.84. The van der Waals surface area contributed by atoms with Crippen LogP contribution in [0.15, 0.2) is 17.2 Å². The number of hydrogen-bond acceptors (Lipinski definition) is 4. The van der Waals surface area contributed by atoms with Gasteiger partial charge in [0, 0.05) is 11.8 Å². The lowest BCUT2D eigenvalue weighted by Gasteiger charge is -2.26. The molecule has 2 heterocycles. The molecule has 0 saturated heterocycles. The molecule has 0 aliphatic heterocycles. The molecule has 2 aromatic rings. The van der Waals surface area contributed by atoms with Crippen LogP contribution in [0.3, 0.4) is 0 Å². The average Bonchev–Trinajstić information content (AvgIpc) is 2.99. The molecule has 0 bridgehead atoms. The van der Waals surface area contributed by atoms with Gasteiger partial charge in [-0.2, -0.15) is 10.2 Å². The molecule has 0 aromatic carbocycles. The van der Waals surface area contributed by atoms with Gasteiger partial charge in [-0.15, -0.1) is 0 Å². The van der Waals surface area contributed by atoms with Gasteiger partial charge in [0.15, 0.2) is 5.82 Å². The maximum atomic E-state index is 11.9. The van der Waals surface area contributed by atoms with Crippen LogP contribution in [0.5, 0.6) is 0 Å². The second kappa shape index (κ2) is 6.17. The van der Waals surface area contributed by atoms with E-state index in [1.54, 1.807) is 0 Å². The molecule has 2 rings (SSSR count). The molecule has 120 valence electrons. The number of nitrogens with one attached hydrogen (secondary N) is 3. The molecule has 0 saturated carbocycles. The van der Waals surface area contributed by atoms with Crippen LogP contribution in [-0.2, 0) is 17.8 Å². The van der Waals surface area contributed by atoms with Crippen molar-refractivity contribution in [3.8, 4) is 0 Å². The van der Waals surface area contributed by atoms with E-state index in [9.17, 15) is 9.59 Å². The summed E-state index contributed by atoms with van der Waals surface area (Å²) >= 11 is 0. The molecule has 1 amide bonds. The van der Waals surface area contributed by atoms with E-state index in [0.717, 1.165) is 12.1 Å². The zero-order valence-electron chi connectivity index (χ0n) is 13.3. The molecule has 2 aromatic heterocycles. The van der Waals surface area contributed by atoms with Gasteiger partial charge in [-0.3, -0.25) is 14.5 Å². The summed E-state index contributed by atoms with van der Waals surface area (Å²) in [5.74, 6) is 0.601. The Labute approximate surface area is 128 Å². The first-order valence-electron chi connectivity index (χ1n) is 7.19. The minimum Gasteiger partial charge on any atom is -0.308 e. The molecular weight excluding hydrogens is 284 g/mol. The minimum atomic E-state index is -0.420. The number of nitrogens with zero attached hydrogens (tertiary/aromatic N) is 3. The SMILES string of the molecule is C[C@H](Cc1cc(NC(=O)Cn2cn[nH]c2=O)n[nH]1)C(C)(C)C. The zero-order chi connectivity index (χ0) is 16.3. The maximum Gasteiger partial charge on any atom is 0.343 e. The smallest absolute Gasteiger partial charge is 0.308 e. The zero-order valence-corrected chi connectivity index (χ0v) is 13.3. The van der Waals surface area contributed by atoms with Crippen LogP contribution in [0.1, 0.15) is 33.4 Å². The van der Waals surface area contributed by atoms with E-state index in [2.05, 4.69) is 53.4 Å². The summed E-state index contributed by atoms with van der Waals surface area (Å²) < 4.78 is 1.19. The van der Waals surface area contributed by atoms with Gasteiger partial charge in [0.05, 0.1) is 0 Å². The van der Waals surface area contributed by atoms with Crippen molar-refractivity contribution in [2.45, 2.75) is 40.7 Å². The Kier molecular flexibility index (Phi) is 4.48. The van der Waals surface area contributed by atoms with Crippen molar-refractivity contribution in [3.05, 3.63) is 28.6 Å². The van der Waals surface area contributed by atoms with Gasteiger partial charge in [-0.25, -0.2) is 9.89 Å². The van der Waals surface area contributed by atoms with E-state index >= 15 is 0 Å². The molecule has 22 heavy (non-hydrogen) atoms. The Morgan fingerprint density at radius 1 is 1.41 bits per heavy atom. The number of carbonyl (C=O) groups is 1. The molecule has 0 aliphatic carbocycles. The first-order chi connectivity index (χ1) is 10.3. The largest absolute Gasteiger partial charge is 0.343 e. The number of aromatic nitrogens is 5. The lowest BCUT2D eigenvalue weighted by Crippen LogP contribution is -2.25. The highest BCUT2D eigenvalue weighted by Crippen LogP contribution is 2.28. The van der Waals surface area contributed by atoms with Crippen molar-refractivity contribution in [2.75, 3.05) is 5.32 Å². The fourth-order valence-corrected chi connectivity index (χ4v) is 1.89. The van der Waals surface area contributed by atoms with Crippen molar-refractivity contribution < 1.29 is 4.79 Å². The molecule has 0 unspecified atom stereocenters. The Morgan fingerprint density at radius 3 is 2.73 bits per heavy atom. The van der Waals surface area contributed by atoms with Crippen molar-refractivity contribution in [1.29, 1.82) is 0 Å². The van der Waals surface area contributed by atoms with E-state index in [1.165, 1.54) is 10.9 Å². The number of amides is 1. The van der Waals surface area contributed by atoms with E-state index in [0.29, 0.717) is 11.7 Å². The first kappa shape index (κ1) is 16.0. The van der Waals surface area contributed by atoms with Crippen molar-refractivity contribution in [2.24, 2.45) is 11.3 Å². The van der Waals surface area contributed by atoms with Crippen LogP contribution in [0.4, 0.5) is 5.82 Å². The van der Waals surface area contributed by atoms with Crippen LogP contribution in [-0.4, -0.2) is 30.9 Å². The van der Waals surface area contributed by atoms with E-state index < -0.39 is 5.69 Å². The summed E-state index contributed by atoms with van der Waals surface area (Å²) in [5, 5.41) is 15.5. The second-order valence-corrected chi connectivity index (χ2v) is 6.59. The van der Waals surface area contributed by atoms with Crippen LogP contribution in [0.25, 0.3) is 0 Å². The van der Waals surface area contributed by atoms with E-state index in [1.807, 2.05) is 6.07 Å². The molecule has 0 aliphatic rings. The predicted octanol–water partition coefficient (Wildman–Crippen LogP) is 1.16. The molecule has 0 spiro atoms. The standard InChI is InChI=1S/C14H22N6O2/c1-9(14(2,3)4)5-10-6-11(18-17-10)16-12(21)7-20-8-15-19-13(20)22/h6,8-9H,5,7H2,1-4H3,(H,19,22)(H2,16,17,18,21)/t9-/m1/s1. The first-order valence-corrected chi connectivity index (χ1v) is 7.19. The summed E-state index contributed by atoms with van der Waals surface area (Å²) in [4.78, 5) is 23.1. The van der Waals surface area contributed by atoms with Crippen LogP contribution in [0.2, 0.25) is 0 Å². The van der Waals surface area contributed by atoms with Gasteiger partial charge in [0.1, 0.15) is 12.9 Å². The van der Waals surface area contributed by atoms with Crippen LogP contribution >= 0.6 is 0 Å². The Bertz CT molecular complexity index is 690.